The molecule has 1 aliphatic heterocycles. The number of aliphatic hydroxyl groups is 2. The average molecular weight is 915 g/mol. The smallest absolute Gasteiger partial charge is 0.410 e. The van der Waals surface area contributed by atoms with E-state index in [2.05, 4.69) is 67.3 Å². The third kappa shape index (κ3) is 9.77. The number of carbonyl (C=O) groups is 1. The Morgan fingerprint density at radius 2 is 1.54 bits per heavy atom. The lowest BCUT2D eigenvalue weighted by atomic mass is 9.55. The molecule has 2 N–H and O–H groups in total. The van der Waals surface area contributed by atoms with Crippen molar-refractivity contribution in [2.75, 3.05) is 26.4 Å². The van der Waals surface area contributed by atoms with Gasteiger partial charge in [-0.3, -0.25) is 4.90 Å². The van der Waals surface area contributed by atoms with E-state index in [1.165, 1.54) is 0 Å². The quantitative estimate of drug-likeness (QED) is 0.0441. The molecule has 0 unspecified atom stereocenters. The molecule has 0 aromatic heterocycles. The highest BCUT2D eigenvalue weighted by Crippen LogP contribution is 2.62. The summed E-state index contributed by atoms with van der Waals surface area (Å²) in [6.07, 6.45) is 8.44. The molecule has 1 amide bonds. The van der Waals surface area contributed by atoms with Crippen molar-refractivity contribution >= 4 is 33.3 Å². The van der Waals surface area contributed by atoms with Crippen LogP contribution in [0.1, 0.15) is 74.5 Å². The van der Waals surface area contributed by atoms with Gasteiger partial charge in [-0.25, -0.2) is 4.79 Å². The van der Waals surface area contributed by atoms with Crippen LogP contribution in [0.4, 0.5) is 4.79 Å². The number of rotatable bonds is 20. The van der Waals surface area contributed by atoms with E-state index in [4.69, 9.17) is 28.9 Å². The number of amides is 1. The van der Waals surface area contributed by atoms with Crippen LogP contribution in [-0.4, -0.2) is 65.2 Å². The molecule has 9 rings (SSSR count). The zero-order valence-electron chi connectivity index (χ0n) is 38.9. The number of aliphatic hydroxyl groups excluding tert-OH is 2. The predicted octanol–water partition coefficient (Wildman–Crippen LogP) is 12.3. The first kappa shape index (κ1) is 46.6. The number of benzene rings is 6. The molecular formula is C58H62N2O8. The molecule has 0 bridgehead atoms. The first-order valence-electron chi connectivity index (χ1n) is 24.3. The van der Waals surface area contributed by atoms with Crippen LogP contribution in [0.2, 0.25) is 0 Å². The standard InChI is InChI=1S/C58H62N2O8/c1-3-33-65-58-54(60(57(63)64-4-2)38-45-24-16-23-42-20-10-11-25-48(42)45)37-52(59-66-39-40-17-6-5-7-18-40)50-35-44(22-12-14-31-61)49(26-13-15-32-62)55(56(50)58)51-36-47(29-30-53(51)68-58)67-46-28-27-41-19-8-9-21-43(41)34-46/h3,5-11,16-21,23-25,27-30,34-36,44,49,54-56,61-62H,1,4,12-15,22,26,31-33,37-39H2,2H3/t44-,49+,54-,55+,56+,58+/m0/s1. The Balaban J connectivity index is 1.25. The van der Waals surface area contributed by atoms with Crippen LogP contribution >= 0.6 is 0 Å². The fourth-order valence-corrected chi connectivity index (χ4v) is 11.0. The Hall–Kier alpha value is -6.46. The minimum Gasteiger partial charge on any atom is -0.459 e. The van der Waals surface area contributed by atoms with Crippen molar-refractivity contribution in [2.24, 2.45) is 22.9 Å². The highest BCUT2D eigenvalue weighted by atomic mass is 16.7. The molecule has 0 saturated heterocycles. The normalized spacial score (nSPS) is 22.1. The molecule has 1 fully saturated rings. The Morgan fingerprint density at radius 3 is 2.34 bits per heavy atom. The van der Waals surface area contributed by atoms with Crippen LogP contribution in [0, 0.1) is 17.8 Å². The number of hydrogen-bond donors (Lipinski definition) is 2. The summed E-state index contributed by atoms with van der Waals surface area (Å²) in [5, 5.41) is 29.5. The van der Waals surface area contributed by atoms with E-state index in [1.807, 2.05) is 85.8 Å². The molecule has 6 aromatic rings. The van der Waals surface area contributed by atoms with Crippen LogP contribution in [0.5, 0.6) is 17.2 Å². The number of fused-ring (bicyclic) bond motifs is 4. The Labute approximate surface area is 399 Å². The molecule has 10 heteroatoms. The zero-order valence-corrected chi connectivity index (χ0v) is 38.9. The van der Waals surface area contributed by atoms with Gasteiger partial charge in [0.15, 0.2) is 0 Å². The van der Waals surface area contributed by atoms with Crippen molar-refractivity contribution in [1.82, 2.24) is 4.90 Å². The predicted molar refractivity (Wildman–Crippen MR) is 267 cm³/mol. The van der Waals surface area contributed by atoms with Crippen LogP contribution in [0.25, 0.3) is 21.5 Å². The maximum atomic E-state index is 14.8. The molecule has 0 spiro atoms. The minimum atomic E-state index is -1.46. The van der Waals surface area contributed by atoms with Crippen molar-refractivity contribution in [1.29, 1.82) is 0 Å². The van der Waals surface area contributed by atoms with Crippen molar-refractivity contribution < 1.29 is 38.8 Å². The third-order valence-electron chi connectivity index (χ3n) is 13.9. The summed E-state index contributed by atoms with van der Waals surface area (Å²) >= 11 is 0. The fraction of sp³-hybridized carbons (Fsp3) is 0.345. The molecule has 3 aliphatic rings. The lowest BCUT2D eigenvalue weighted by Crippen LogP contribution is -2.70. The van der Waals surface area contributed by atoms with E-state index < -0.39 is 23.8 Å². The maximum Gasteiger partial charge on any atom is 0.410 e. The zero-order chi connectivity index (χ0) is 46.9. The molecule has 6 aromatic carbocycles. The highest BCUT2D eigenvalue weighted by molar-refractivity contribution is 6.03. The summed E-state index contributed by atoms with van der Waals surface area (Å²) < 4.78 is 27.4. The van der Waals surface area contributed by atoms with Gasteiger partial charge in [-0.15, -0.1) is 6.58 Å². The second-order valence-electron chi connectivity index (χ2n) is 18.1. The summed E-state index contributed by atoms with van der Waals surface area (Å²) in [6, 6.07) is 43.9. The lowest BCUT2D eigenvalue weighted by molar-refractivity contribution is -0.256. The second kappa shape index (κ2) is 21.7. The van der Waals surface area contributed by atoms with Gasteiger partial charge in [0.25, 0.3) is 0 Å². The molecule has 10 nitrogen and oxygen atoms in total. The van der Waals surface area contributed by atoms with E-state index in [1.54, 1.807) is 11.0 Å². The molecular weight excluding hydrogens is 853 g/mol. The number of oxime groups is 1. The summed E-state index contributed by atoms with van der Waals surface area (Å²) in [4.78, 5) is 22.9. The van der Waals surface area contributed by atoms with Gasteiger partial charge in [-0.1, -0.05) is 133 Å². The monoisotopic (exact) mass is 914 g/mol. The SMILES string of the molecule is C=CCO[C@@]12Oc3ccc(Oc4ccc5ccccc5c4)cc3[C@H]3[C@H](CCCCO)[C@@H](CCCCO)C=C(C(=NOCc4ccccc4)C[C@@H]1N(Cc1cccc4ccccc14)C(=O)OCC)[C@H]32. The summed E-state index contributed by atoms with van der Waals surface area (Å²) in [5.74, 6) is -0.0537. The van der Waals surface area contributed by atoms with Crippen molar-refractivity contribution in [3.05, 3.63) is 174 Å². The maximum absolute atomic E-state index is 14.8. The Morgan fingerprint density at radius 1 is 0.824 bits per heavy atom. The number of ether oxygens (including phenoxy) is 4. The fourth-order valence-electron chi connectivity index (χ4n) is 11.0. The molecule has 0 radical (unpaired) electrons. The van der Waals surface area contributed by atoms with Gasteiger partial charge in [0.2, 0.25) is 5.79 Å². The molecule has 2 aliphatic carbocycles. The lowest BCUT2D eigenvalue weighted by Gasteiger charge is -2.59. The molecule has 6 atom stereocenters. The number of allylic oxidation sites excluding steroid dienone is 1. The first-order chi connectivity index (χ1) is 33.4. The van der Waals surface area contributed by atoms with Crippen LogP contribution in [-0.2, 0) is 27.5 Å². The van der Waals surface area contributed by atoms with Gasteiger partial charge in [-0.2, -0.15) is 0 Å². The van der Waals surface area contributed by atoms with E-state index in [0.29, 0.717) is 30.1 Å². The van der Waals surface area contributed by atoms with Crippen molar-refractivity contribution in [2.45, 2.75) is 82.8 Å². The molecule has 68 heavy (non-hydrogen) atoms. The van der Waals surface area contributed by atoms with Crippen LogP contribution in [0.15, 0.2) is 163 Å². The third-order valence-corrected chi connectivity index (χ3v) is 13.9. The topological polar surface area (TPSA) is 119 Å². The van der Waals surface area contributed by atoms with Gasteiger partial charge < -0.3 is 34.0 Å². The molecule has 352 valence electrons. The van der Waals surface area contributed by atoms with Crippen LogP contribution < -0.4 is 9.47 Å². The Kier molecular flexibility index (Phi) is 14.9. The van der Waals surface area contributed by atoms with Gasteiger partial charge >= 0.3 is 6.09 Å². The van der Waals surface area contributed by atoms with Crippen molar-refractivity contribution in [3.63, 3.8) is 0 Å². The van der Waals surface area contributed by atoms with E-state index >= 15 is 0 Å². The number of nitrogens with zero attached hydrogens (tertiary/aromatic N) is 2. The van der Waals surface area contributed by atoms with E-state index in [9.17, 15) is 15.0 Å². The van der Waals surface area contributed by atoms with E-state index in [-0.39, 0.29) is 63.8 Å². The van der Waals surface area contributed by atoms with Gasteiger partial charge in [-0.05, 0) is 113 Å². The number of unbranched alkanes of at least 4 members (excludes halogenated alkanes) is 2. The van der Waals surface area contributed by atoms with E-state index in [0.717, 1.165) is 75.2 Å². The first-order valence-corrected chi connectivity index (χ1v) is 24.3. The molecule has 1 heterocycles. The number of hydrogen-bond acceptors (Lipinski definition) is 9. The van der Waals surface area contributed by atoms with Gasteiger partial charge in [0.1, 0.15) is 29.9 Å². The average Bonchev–Trinajstić information content (AvgIpc) is 3.36. The largest absolute Gasteiger partial charge is 0.459 e. The summed E-state index contributed by atoms with van der Waals surface area (Å²) in [6.45, 7) is 6.89. The Bertz CT molecular complexity index is 2750. The van der Waals surface area contributed by atoms with Gasteiger partial charge in [0, 0.05) is 31.1 Å². The minimum absolute atomic E-state index is 0.0404. The van der Waals surface area contributed by atoms with Crippen LogP contribution in [0.3, 0.4) is 0 Å². The second-order valence-corrected chi connectivity index (χ2v) is 18.1. The summed E-state index contributed by atoms with van der Waals surface area (Å²) in [5.41, 5.74) is 4.57. The van der Waals surface area contributed by atoms with Gasteiger partial charge in [0.05, 0.1) is 31.4 Å². The summed E-state index contributed by atoms with van der Waals surface area (Å²) in [7, 11) is 0. The highest BCUT2D eigenvalue weighted by Gasteiger charge is 2.65. The number of carbonyl (C=O) groups excluding carboxylic acids is 1. The van der Waals surface area contributed by atoms with Crippen molar-refractivity contribution in [3.8, 4) is 17.2 Å². The molecule has 1 saturated carbocycles.